The Morgan fingerprint density at radius 1 is 1.33 bits per heavy atom. The molecule has 2 aliphatic rings. The van der Waals surface area contributed by atoms with Gasteiger partial charge in [-0.3, -0.25) is 0 Å². The van der Waals surface area contributed by atoms with Crippen LogP contribution in [0.15, 0.2) is 0 Å². The summed E-state index contributed by atoms with van der Waals surface area (Å²) in [5, 5.41) is 12.5. The maximum Gasteiger partial charge on any atom is 0.0703 e. The third-order valence-electron chi connectivity index (χ3n) is 3.79. The van der Waals surface area contributed by atoms with Gasteiger partial charge in [0.1, 0.15) is 0 Å². The van der Waals surface area contributed by atoms with E-state index < -0.39 is 0 Å². The van der Waals surface area contributed by atoms with Crippen LogP contribution < -0.4 is 5.32 Å². The molecule has 2 rings (SSSR count). The van der Waals surface area contributed by atoms with Crippen molar-refractivity contribution in [1.29, 1.82) is 5.26 Å². The number of nitriles is 1. The summed E-state index contributed by atoms with van der Waals surface area (Å²) >= 11 is 0. The number of ether oxygens (including phenoxy) is 1. The van der Waals surface area contributed by atoms with E-state index in [1.807, 2.05) is 0 Å². The maximum absolute atomic E-state index is 9.06. The van der Waals surface area contributed by atoms with Crippen LogP contribution in [-0.2, 0) is 4.74 Å². The predicted octanol–water partition coefficient (Wildman–Crippen LogP) is 1.70. The molecular weight excluding hydrogens is 188 g/mol. The number of nitrogens with one attached hydrogen (secondary N) is 1. The van der Waals surface area contributed by atoms with Crippen LogP contribution in [0.5, 0.6) is 0 Å². The number of hydrogen-bond donors (Lipinski definition) is 1. The van der Waals surface area contributed by atoms with E-state index in [4.69, 9.17) is 10.00 Å². The Morgan fingerprint density at radius 3 is 2.60 bits per heavy atom. The molecule has 84 valence electrons. The van der Waals surface area contributed by atoms with Gasteiger partial charge in [-0.15, -0.1) is 0 Å². The lowest BCUT2D eigenvalue weighted by molar-refractivity contribution is 0.0648. The second kappa shape index (κ2) is 4.96. The minimum Gasteiger partial charge on any atom is -0.381 e. The van der Waals surface area contributed by atoms with E-state index in [0.717, 1.165) is 45.1 Å². The average molecular weight is 208 g/mol. The van der Waals surface area contributed by atoms with Gasteiger partial charge in [-0.25, -0.2) is 0 Å². The lowest BCUT2D eigenvalue weighted by atomic mass is 9.70. The van der Waals surface area contributed by atoms with Crippen LogP contribution in [0.1, 0.15) is 32.1 Å². The molecular formula is C12H20N2O. The van der Waals surface area contributed by atoms with Crippen LogP contribution in [0.2, 0.25) is 0 Å². The van der Waals surface area contributed by atoms with E-state index in [0.29, 0.717) is 0 Å². The molecule has 3 nitrogen and oxygen atoms in total. The highest BCUT2D eigenvalue weighted by atomic mass is 16.5. The van der Waals surface area contributed by atoms with Gasteiger partial charge in [-0.1, -0.05) is 6.42 Å². The van der Waals surface area contributed by atoms with E-state index >= 15 is 0 Å². The molecule has 0 radical (unpaired) electrons. The van der Waals surface area contributed by atoms with Gasteiger partial charge in [0.25, 0.3) is 0 Å². The number of rotatable bonds is 4. The van der Waals surface area contributed by atoms with Crippen LogP contribution >= 0.6 is 0 Å². The average Bonchev–Trinajstić information content (AvgIpc) is 2.24. The van der Waals surface area contributed by atoms with Crippen LogP contribution in [-0.4, -0.2) is 26.3 Å². The van der Waals surface area contributed by atoms with Crippen molar-refractivity contribution in [3.8, 4) is 6.07 Å². The van der Waals surface area contributed by atoms with E-state index in [1.165, 1.54) is 19.3 Å². The molecule has 1 heterocycles. The summed E-state index contributed by atoms with van der Waals surface area (Å²) in [6, 6.07) is 2.47. The molecule has 0 amide bonds. The molecule has 0 aromatic carbocycles. The summed E-state index contributed by atoms with van der Waals surface area (Å²) in [6.45, 7) is 3.78. The Hall–Kier alpha value is -0.590. The smallest absolute Gasteiger partial charge is 0.0703 e. The SMILES string of the molecule is N#CC1(CNCC2CCOCC2)CCC1. The first-order valence-electron chi connectivity index (χ1n) is 6.04. The molecule has 2 fully saturated rings. The van der Waals surface area contributed by atoms with Crippen molar-refractivity contribution in [3.63, 3.8) is 0 Å². The van der Waals surface area contributed by atoms with Crippen molar-refractivity contribution in [2.24, 2.45) is 11.3 Å². The van der Waals surface area contributed by atoms with E-state index in [1.54, 1.807) is 0 Å². The molecule has 0 spiro atoms. The van der Waals surface area contributed by atoms with Crippen molar-refractivity contribution in [2.75, 3.05) is 26.3 Å². The third kappa shape index (κ3) is 2.70. The summed E-state index contributed by atoms with van der Waals surface area (Å²) in [6.07, 6.45) is 5.75. The summed E-state index contributed by atoms with van der Waals surface area (Å²) < 4.78 is 5.32. The molecule has 1 saturated heterocycles. The lowest BCUT2D eigenvalue weighted by Crippen LogP contribution is -2.40. The number of hydrogen-bond acceptors (Lipinski definition) is 3. The van der Waals surface area contributed by atoms with Gasteiger partial charge >= 0.3 is 0 Å². The Bertz CT molecular complexity index is 236. The Morgan fingerprint density at radius 2 is 2.07 bits per heavy atom. The molecule has 15 heavy (non-hydrogen) atoms. The fraction of sp³-hybridized carbons (Fsp3) is 0.917. The summed E-state index contributed by atoms with van der Waals surface area (Å²) in [5.41, 5.74) is -0.0227. The predicted molar refractivity (Wildman–Crippen MR) is 58.3 cm³/mol. The van der Waals surface area contributed by atoms with Crippen LogP contribution in [0, 0.1) is 22.7 Å². The molecule has 1 N–H and O–H groups in total. The second-order valence-corrected chi connectivity index (χ2v) is 4.93. The van der Waals surface area contributed by atoms with Gasteiger partial charge in [0.15, 0.2) is 0 Å². The molecule has 0 unspecified atom stereocenters. The zero-order chi connectivity index (χ0) is 10.6. The van der Waals surface area contributed by atoms with Gasteiger partial charge in [0.05, 0.1) is 11.5 Å². The Kier molecular flexibility index (Phi) is 3.61. The first kappa shape index (κ1) is 10.9. The standard InChI is InChI=1S/C12H20N2O/c13-9-12(4-1-5-12)10-14-8-11-2-6-15-7-3-11/h11,14H,1-8,10H2. The fourth-order valence-corrected chi connectivity index (χ4v) is 2.40. The lowest BCUT2D eigenvalue weighted by Gasteiger charge is -2.36. The first-order chi connectivity index (χ1) is 7.35. The highest BCUT2D eigenvalue weighted by Gasteiger charge is 2.36. The largest absolute Gasteiger partial charge is 0.381 e. The second-order valence-electron chi connectivity index (χ2n) is 4.93. The van der Waals surface area contributed by atoms with Gasteiger partial charge < -0.3 is 10.1 Å². The third-order valence-corrected chi connectivity index (χ3v) is 3.79. The van der Waals surface area contributed by atoms with E-state index in [-0.39, 0.29) is 5.41 Å². The van der Waals surface area contributed by atoms with Gasteiger partial charge in [0, 0.05) is 19.8 Å². The van der Waals surface area contributed by atoms with Crippen molar-refractivity contribution < 1.29 is 4.74 Å². The normalized spacial score (nSPS) is 25.5. The molecule has 0 aromatic heterocycles. The van der Waals surface area contributed by atoms with E-state index in [2.05, 4.69) is 11.4 Å². The summed E-state index contributed by atoms with van der Waals surface area (Å²) in [4.78, 5) is 0. The van der Waals surface area contributed by atoms with Crippen molar-refractivity contribution in [3.05, 3.63) is 0 Å². The molecule has 0 atom stereocenters. The van der Waals surface area contributed by atoms with E-state index in [9.17, 15) is 0 Å². The maximum atomic E-state index is 9.06. The molecule has 0 aromatic rings. The minimum atomic E-state index is -0.0227. The zero-order valence-electron chi connectivity index (χ0n) is 9.30. The first-order valence-corrected chi connectivity index (χ1v) is 6.04. The highest BCUT2D eigenvalue weighted by Crippen LogP contribution is 2.39. The Labute approximate surface area is 91.8 Å². The monoisotopic (exact) mass is 208 g/mol. The van der Waals surface area contributed by atoms with Crippen LogP contribution in [0.25, 0.3) is 0 Å². The zero-order valence-corrected chi connectivity index (χ0v) is 9.30. The van der Waals surface area contributed by atoms with Crippen molar-refractivity contribution in [2.45, 2.75) is 32.1 Å². The van der Waals surface area contributed by atoms with Crippen LogP contribution in [0.4, 0.5) is 0 Å². The quantitative estimate of drug-likeness (QED) is 0.764. The van der Waals surface area contributed by atoms with Crippen LogP contribution in [0.3, 0.4) is 0 Å². The minimum absolute atomic E-state index is 0.0227. The summed E-state index contributed by atoms with van der Waals surface area (Å²) in [5.74, 6) is 0.759. The molecule has 3 heteroatoms. The van der Waals surface area contributed by atoms with Crippen molar-refractivity contribution >= 4 is 0 Å². The van der Waals surface area contributed by atoms with Gasteiger partial charge in [-0.2, -0.15) is 5.26 Å². The fourth-order valence-electron chi connectivity index (χ4n) is 2.40. The molecule has 0 bridgehead atoms. The topological polar surface area (TPSA) is 45.0 Å². The molecule has 1 saturated carbocycles. The number of nitrogens with zero attached hydrogens (tertiary/aromatic N) is 1. The summed E-state index contributed by atoms with van der Waals surface area (Å²) in [7, 11) is 0. The van der Waals surface area contributed by atoms with Gasteiger partial charge in [-0.05, 0) is 38.1 Å². The molecule has 1 aliphatic carbocycles. The molecule has 1 aliphatic heterocycles. The highest BCUT2D eigenvalue weighted by molar-refractivity contribution is 5.05. The van der Waals surface area contributed by atoms with Crippen molar-refractivity contribution in [1.82, 2.24) is 5.32 Å². The van der Waals surface area contributed by atoms with Gasteiger partial charge in [0.2, 0.25) is 0 Å². The Balaban J connectivity index is 1.63.